The number of benzene rings is 2. The summed E-state index contributed by atoms with van der Waals surface area (Å²) in [4.78, 5) is 12.2. The van der Waals surface area contributed by atoms with Crippen molar-refractivity contribution in [3.63, 3.8) is 0 Å². The lowest BCUT2D eigenvalue weighted by Gasteiger charge is -2.25. The molecule has 0 radical (unpaired) electrons. The fraction of sp³-hybridized carbons (Fsp3) is 0.350. The van der Waals surface area contributed by atoms with Gasteiger partial charge in [0.1, 0.15) is 5.75 Å². The van der Waals surface area contributed by atoms with E-state index < -0.39 is 0 Å². The molecular weight excluding hydrogens is 302 g/mol. The Labute approximate surface area is 142 Å². The average Bonchev–Trinajstić information content (AvgIpc) is 2.60. The molecule has 0 aromatic heterocycles. The standard InChI is InChI=1S/C20H23NO3/c1-14-9-15(7-8-19(14)23-2)10-20(22)21-12-18-11-16-5-3-4-6-17(16)13-24-18/h3-9,18H,10-13H2,1-2H3,(H,21,22). The summed E-state index contributed by atoms with van der Waals surface area (Å²) in [6.07, 6.45) is 1.26. The minimum absolute atomic E-state index is 0.0158. The number of carbonyl (C=O) groups is 1. The molecule has 4 nitrogen and oxygen atoms in total. The Morgan fingerprint density at radius 1 is 1.25 bits per heavy atom. The van der Waals surface area contributed by atoms with E-state index in [0.29, 0.717) is 19.6 Å². The molecule has 3 rings (SSSR count). The van der Waals surface area contributed by atoms with Crippen LogP contribution in [0.2, 0.25) is 0 Å². The van der Waals surface area contributed by atoms with Gasteiger partial charge in [0.2, 0.25) is 5.91 Å². The molecule has 1 aliphatic heterocycles. The van der Waals surface area contributed by atoms with Crippen LogP contribution in [0.3, 0.4) is 0 Å². The summed E-state index contributed by atoms with van der Waals surface area (Å²) in [6, 6.07) is 14.1. The predicted molar refractivity (Wildman–Crippen MR) is 93.2 cm³/mol. The van der Waals surface area contributed by atoms with Crippen LogP contribution < -0.4 is 10.1 Å². The molecule has 0 saturated heterocycles. The molecule has 4 heteroatoms. The lowest BCUT2D eigenvalue weighted by molar-refractivity contribution is -0.121. The van der Waals surface area contributed by atoms with Crippen molar-refractivity contribution < 1.29 is 14.3 Å². The molecule has 2 aromatic carbocycles. The number of hydrogen-bond acceptors (Lipinski definition) is 3. The number of aryl methyl sites for hydroxylation is 1. The average molecular weight is 325 g/mol. The molecule has 0 spiro atoms. The Balaban J connectivity index is 1.50. The number of fused-ring (bicyclic) bond motifs is 1. The first-order valence-electron chi connectivity index (χ1n) is 8.24. The maximum Gasteiger partial charge on any atom is 0.224 e. The molecule has 0 saturated carbocycles. The molecule has 126 valence electrons. The molecule has 0 bridgehead atoms. The molecule has 1 unspecified atom stereocenters. The molecule has 1 heterocycles. The topological polar surface area (TPSA) is 47.6 Å². The van der Waals surface area contributed by atoms with Crippen molar-refractivity contribution in [1.29, 1.82) is 0 Å². The fourth-order valence-corrected chi connectivity index (χ4v) is 3.07. The van der Waals surface area contributed by atoms with Gasteiger partial charge in [-0.25, -0.2) is 0 Å². The molecule has 1 atom stereocenters. The van der Waals surface area contributed by atoms with Gasteiger partial charge in [-0.15, -0.1) is 0 Å². The zero-order valence-corrected chi connectivity index (χ0v) is 14.2. The van der Waals surface area contributed by atoms with Crippen molar-refractivity contribution in [3.05, 3.63) is 64.7 Å². The Bertz CT molecular complexity index is 727. The van der Waals surface area contributed by atoms with Gasteiger partial charge in [0.25, 0.3) is 0 Å². The minimum atomic E-state index is 0.0158. The van der Waals surface area contributed by atoms with Crippen LogP contribution in [-0.2, 0) is 29.0 Å². The zero-order valence-electron chi connectivity index (χ0n) is 14.2. The Morgan fingerprint density at radius 2 is 2.04 bits per heavy atom. The third-order valence-corrected chi connectivity index (χ3v) is 4.39. The highest BCUT2D eigenvalue weighted by Crippen LogP contribution is 2.20. The SMILES string of the molecule is COc1ccc(CC(=O)NCC2Cc3ccccc3CO2)cc1C. The van der Waals surface area contributed by atoms with Gasteiger partial charge in [0.15, 0.2) is 0 Å². The number of hydrogen-bond donors (Lipinski definition) is 1. The third-order valence-electron chi connectivity index (χ3n) is 4.39. The van der Waals surface area contributed by atoms with Gasteiger partial charge in [0, 0.05) is 13.0 Å². The summed E-state index contributed by atoms with van der Waals surface area (Å²) in [5, 5.41) is 2.98. The molecule has 1 N–H and O–H groups in total. The van der Waals surface area contributed by atoms with Crippen LogP contribution in [0.4, 0.5) is 0 Å². The van der Waals surface area contributed by atoms with E-state index in [-0.39, 0.29) is 12.0 Å². The van der Waals surface area contributed by atoms with Crippen LogP contribution in [0.25, 0.3) is 0 Å². The number of carbonyl (C=O) groups excluding carboxylic acids is 1. The van der Waals surface area contributed by atoms with Gasteiger partial charge in [0.05, 0.1) is 26.2 Å². The minimum Gasteiger partial charge on any atom is -0.496 e. The van der Waals surface area contributed by atoms with Gasteiger partial charge in [-0.05, 0) is 35.2 Å². The first-order chi connectivity index (χ1) is 11.7. The van der Waals surface area contributed by atoms with Gasteiger partial charge in [-0.1, -0.05) is 36.4 Å². The first kappa shape index (κ1) is 16.5. The maximum atomic E-state index is 12.2. The van der Waals surface area contributed by atoms with E-state index in [4.69, 9.17) is 9.47 Å². The lowest BCUT2D eigenvalue weighted by Crippen LogP contribution is -2.37. The van der Waals surface area contributed by atoms with Crippen LogP contribution in [0.15, 0.2) is 42.5 Å². The van der Waals surface area contributed by atoms with E-state index in [1.54, 1.807) is 7.11 Å². The van der Waals surface area contributed by atoms with Crippen molar-refractivity contribution in [1.82, 2.24) is 5.32 Å². The van der Waals surface area contributed by atoms with Crippen molar-refractivity contribution in [2.24, 2.45) is 0 Å². The Morgan fingerprint density at radius 3 is 2.79 bits per heavy atom. The van der Waals surface area contributed by atoms with Crippen molar-refractivity contribution >= 4 is 5.91 Å². The van der Waals surface area contributed by atoms with Crippen molar-refractivity contribution in [2.75, 3.05) is 13.7 Å². The third kappa shape index (κ3) is 3.95. The van der Waals surface area contributed by atoms with Gasteiger partial charge in [-0.3, -0.25) is 4.79 Å². The van der Waals surface area contributed by atoms with Gasteiger partial charge < -0.3 is 14.8 Å². The van der Waals surface area contributed by atoms with E-state index in [9.17, 15) is 4.79 Å². The van der Waals surface area contributed by atoms with Crippen LogP contribution in [-0.4, -0.2) is 25.7 Å². The van der Waals surface area contributed by atoms with Crippen molar-refractivity contribution in [3.8, 4) is 5.75 Å². The summed E-state index contributed by atoms with van der Waals surface area (Å²) >= 11 is 0. The number of nitrogens with one attached hydrogen (secondary N) is 1. The van der Waals surface area contributed by atoms with Crippen LogP contribution >= 0.6 is 0 Å². The molecular formula is C20H23NO3. The molecule has 1 amide bonds. The summed E-state index contributed by atoms with van der Waals surface area (Å²) in [7, 11) is 1.65. The first-order valence-corrected chi connectivity index (χ1v) is 8.24. The second-order valence-electron chi connectivity index (χ2n) is 6.19. The summed E-state index contributed by atoms with van der Waals surface area (Å²) in [6.45, 7) is 3.14. The molecule has 1 aliphatic rings. The maximum absolute atomic E-state index is 12.2. The van der Waals surface area contributed by atoms with Crippen LogP contribution in [0, 0.1) is 6.92 Å². The van der Waals surface area contributed by atoms with E-state index in [0.717, 1.165) is 23.3 Å². The zero-order chi connectivity index (χ0) is 16.9. The number of rotatable bonds is 5. The quantitative estimate of drug-likeness (QED) is 0.919. The molecule has 2 aromatic rings. The highest BCUT2D eigenvalue weighted by molar-refractivity contribution is 5.78. The highest BCUT2D eigenvalue weighted by Gasteiger charge is 2.19. The lowest BCUT2D eigenvalue weighted by atomic mass is 9.99. The Kier molecular flexibility index (Phi) is 5.16. The van der Waals surface area contributed by atoms with E-state index >= 15 is 0 Å². The summed E-state index contributed by atoms with van der Waals surface area (Å²) < 4.78 is 11.1. The second-order valence-corrected chi connectivity index (χ2v) is 6.19. The normalized spacial score (nSPS) is 16.3. The van der Waals surface area contributed by atoms with Crippen LogP contribution in [0.5, 0.6) is 5.75 Å². The fourth-order valence-electron chi connectivity index (χ4n) is 3.07. The smallest absolute Gasteiger partial charge is 0.224 e. The van der Waals surface area contributed by atoms with Gasteiger partial charge in [-0.2, -0.15) is 0 Å². The van der Waals surface area contributed by atoms with E-state index in [2.05, 4.69) is 17.4 Å². The van der Waals surface area contributed by atoms with Crippen LogP contribution in [0.1, 0.15) is 22.3 Å². The monoisotopic (exact) mass is 325 g/mol. The second kappa shape index (κ2) is 7.49. The summed E-state index contributed by atoms with van der Waals surface area (Å²) in [5.74, 6) is 0.857. The van der Waals surface area contributed by atoms with Crippen molar-refractivity contribution in [2.45, 2.75) is 32.5 Å². The number of ether oxygens (including phenoxy) is 2. The Hall–Kier alpha value is -2.33. The largest absolute Gasteiger partial charge is 0.496 e. The summed E-state index contributed by atoms with van der Waals surface area (Å²) in [5.41, 5.74) is 4.58. The molecule has 0 fully saturated rings. The number of amides is 1. The van der Waals surface area contributed by atoms with Gasteiger partial charge >= 0.3 is 0 Å². The molecule has 24 heavy (non-hydrogen) atoms. The highest BCUT2D eigenvalue weighted by atomic mass is 16.5. The van der Waals surface area contributed by atoms with E-state index in [1.165, 1.54) is 11.1 Å². The number of methoxy groups -OCH3 is 1. The molecule has 0 aliphatic carbocycles. The predicted octanol–water partition coefficient (Wildman–Crippen LogP) is 2.80. The van der Waals surface area contributed by atoms with E-state index in [1.807, 2.05) is 37.3 Å².